The van der Waals surface area contributed by atoms with Gasteiger partial charge in [-0.3, -0.25) is 19.3 Å². The summed E-state index contributed by atoms with van der Waals surface area (Å²) in [6.07, 6.45) is 4.99. The summed E-state index contributed by atoms with van der Waals surface area (Å²) in [5, 5.41) is 2.75. The molecule has 24 heavy (non-hydrogen) atoms. The molecule has 1 saturated heterocycles. The van der Waals surface area contributed by atoms with Crippen molar-refractivity contribution in [2.75, 3.05) is 11.9 Å². The van der Waals surface area contributed by atoms with E-state index in [-0.39, 0.29) is 47.9 Å². The first-order valence-corrected chi connectivity index (χ1v) is 8.84. The Morgan fingerprint density at radius 3 is 2.42 bits per heavy atom. The number of aryl methyl sites for hydroxylation is 1. The number of carbonyl (C=O) groups is 3. The van der Waals surface area contributed by atoms with Gasteiger partial charge in [-0.1, -0.05) is 34.1 Å². The molecular formula is C18H17BrN2O3. The standard InChI is InChI=1S/C18H17BrN2O3/c1-9-2-5-12(7-13(9)19)20-14(22)8-21-17(23)15-10-3-4-11(6-10)16(15)18(21)24/h2-5,7,10-11,15-16H,6,8H2,1H3,(H,20,22)/t10-,11-,15+,16+/m0/s1. The summed E-state index contributed by atoms with van der Waals surface area (Å²) in [5.41, 5.74) is 1.70. The van der Waals surface area contributed by atoms with E-state index >= 15 is 0 Å². The van der Waals surface area contributed by atoms with Gasteiger partial charge in [0.15, 0.2) is 0 Å². The number of fused-ring (bicyclic) bond motifs is 5. The van der Waals surface area contributed by atoms with Crippen LogP contribution in [0.5, 0.6) is 0 Å². The van der Waals surface area contributed by atoms with Gasteiger partial charge in [0, 0.05) is 10.2 Å². The van der Waals surface area contributed by atoms with Gasteiger partial charge in [-0.15, -0.1) is 0 Å². The molecule has 1 N–H and O–H groups in total. The van der Waals surface area contributed by atoms with Crippen LogP contribution in [0, 0.1) is 30.6 Å². The van der Waals surface area contributed by atoms with Crippen molar-refractivity contribution in [3.05, 3.63) is 40.4 Å². The molecule has 0 unspecified atom stereocenters. The Bertz CT molecular complexity index is 758. The monoisotopic (exact) mass is 388 g/mol. The molecule has 0 spiro atoms. The van der Waals surface area contributed by atoms with Crippen LogP contribution in [-0.4, -0.2) is 29.2 Å². The van der Waals surface area contributed by atoms with E-state index in [9.17, 15) is 14.4 Å². The van der Waals surface area contributed by atoms with Crippen LogP contribution in [0.3, 0.4) is 0 Å². The third-order valence-electron chi connectivity index (χ3n) is 5.32. The lowest BCUT2D eigenvalue weighted by Crippen LogP contribution is -2.39. The van der Waals surface area contributed by atoms with Gasteiger partial charge in [-0.25, -0.2) is 0 Å². The van der Waals surface area contributed by atoms with Crippen molar-refractivity contribution >= 4 is 39.3 Å². The number of carbonyl (C=O) groups excluding carboxylic acids is 3. The maximum absolute atomic E-state index is 12.6. The lowest BCUT2D eigenvalue weighted by Gasteiger charge is -2.17. The lowest BCUT2D eigenvalue weighted by molar-refractivity contribution is -0.143. The number of allylic oxidation sites excluding steroid dienone is 2. The van der Waals surface area contributed by atoms with Crippen LogP contribution in [0.15, 0.2) is 34.8 Å². The number of nitrogens with one attached hydrogen (secondary N) is 1. The minimum atomic E-state index is -0.354. The van der Waals surface area contributed by atoms with Gasteiger partial charge in [-0.05, 0) is 42.9 Å². The lowest BCUT2D eigenvalue weighted by atomic mass is 9.85. The molecule has 1 aromatic rings. The average Bonchev–Trinajstić information content (AvgIpc) is 3.21. The summed E-state index contributed by atoms with van der Waals surface area (Å²) >= 11 is 3.42. The highest BCUT2D eigenvalue weighted by molar-refractivity contribution is 9.10. The van der Waals surface area contributed by atoms with Crippen LogP contribution >= 0.6 is 15.9 Å². The van der Waals surface area contributed by atoms with Gasteiger partial charge < -0.3 is 5.32 Å². The summed E-state index contributed by atoms with van der Waals surface area (Å²) in [7, 11) is 0. The van der Waals surface area contributed by atoms with Crippen LogP contribution < -0.4 is 5.32 Å². The predicted molar refractivity (Wildman–Crippen MR) is 91.9 cm³/mol. The summed E-state index contributed by atoms with van der Waals surface area (Å²) < 4.78 is 0.894. The average molecular weight is 389 g/mol. The van der Waals surface area contributed by atoms with Gasteiger partial charge in [-0.2, -0.15) is 0 Å². The number of anilines is 1. The normalized spacial score (nSPS) is 30.2. The molecule has 0 radical (unpaired) electrons. The molecule has 0 aromatic heterocycles. The number of benzene rings is 1. The summed E-state index contributed by atoms with van der Waals surface area (Å²) in [5.74, 6) is -0.922. The first-order valence-electron chi connectivity index (χ1n) is 8.05. The van der Waals surface area contributed by atoms with E-state index in [2.05, 4.69) is 21.2 Å². The molecule has 6 heteroatoms. The molecule has 3 aliphatic rings. The van der Waals surface area contributed by atoms with E-state index in [4.69, 9.17) is 0 Å². The molecule has 124 valence electrons. The van der Waals surface area contributed by atoms with E-state index in [1.807, 2.05) is 25.1 Å². The Morgan fingerprint density at radius 1 is 1.21 bits per heavy atom. The fraction of sp³-hybridized carbons (Fsp3) is 0.389. The molecule has 4 atom stereocenters. The molecule has 2 aliphatic carbocycles. The number of imide groups is 1. The second kappa shape index (κ2) is 5.55. The van der Waals surface area contributed by atoms with Gasteiger partial charge in [0.2, 0.25) is 17.7 Å². The number of rotatable bonds is 3. The first-order chi connectivity index (χ1) is 11.5. The van der Waals surface area contributed by atoms with Gasteiger partial charge in [0.25, 0.3) is 0 Å². The Balaban J connectivity index is 1.46. The molecule has 1 heterocycles. The summed E-state index contributed by atoms with van der Waals surface area (Å²) in [6, 6.07) is 5.49. The molecular weight excluding hydrogens is 372 g/mol. The largest absolute Gasteiger partial charge is 0.324 e. The molecule has 5 nitrogen and oxygen atoms in total. The van der Waals surface area contributed by atoms with Crippen molar-refractivity contribution in [3.8, 4) is 0 Å². The highest BCUT2D eigenvalue weighted by Crippen LogP contribution is 2.52. The summed E-state index contributed by atoms with van der Waals surface area (Å²) in [6.45, 7) is 1.74. The maximum Gasteiger partial charge on any atom is 0.244 e. The van der Waals surface area contributed by atoms with Crippen molar-refractivity contribution in [1.82, 2.24) is 4.90 Å². The van der Waals surface area contributed by atoms with Crippen molar-refractivity contribution in [2.45, 2.75) is 13.3 Å². The predicted octanol–water partition coefficient (Wildman–Crippen LogP) is 2.50. The zero-order valence-electron chi connectivity index (χ0n) is 13.2. The second-order valence-electron chi connectivity index (χ2n) is 6.77. The highest BCUT2D eigenvalue weighted by atomic mass is 79.9. The first kappa shape index (κ1) is 15.6. The van der Waals surface area contributed by atoms with E-state index in [0.717, 1.165) is 21.4 Å². The van der Waals surface area contributed by atoms with Crippen LogP contribution in [0.2, 0.25) is 0 Å². The minimum Gasteiger partial charge on any atom is -0.324 e. The Kier molecular flexibility index (Phi) is 3.60. The zero-order chi connectivity index (χ0) is 17.0. The molecule has 1 aromatic carbocycles. The van der Waals surface area contributed by atoms with Crippen LogP contribution in [0.4, 0.5) is 5.69 Å². The van der Waals surface area contributed by atoms with Crippen LogP contribution in [0.25, 0.3) is 0 Å². The van der Waals surface area contributed by atoms with Gasteiger partial charge in [0.05, 0.1) is 11.8 Å². The number of hydrogen-bond donors (Lipinski definition) is 1. The fourth-order valence-corrected chi connectivity index (χ4v) is 4.51. The van der Waals surface area contributed by atoms with Crippen molar-refractivity contribution in [2.24, 2.45) is 23.7 Å². The number of halogens is 1. The molecule has 1 saturated carbocycles. The topological polar surface area (TPSA) is 66.5 Å². The highest BCUT2D eigenvalue weighted by Gasteiger charge is 2.59. The number of hydrogen-bond acceptors (Lipinski definition) is 3. The van der Waals surface area contributed by atoms with E-state index in [1.165, 1.54) is 0 Å². The van der Waals surface area contributed by atoms with Gasteiger partial charge in [0.1, 0.15) is 6.54 Å². The number of nitrogens with zero attached hydrogens (tertiary/aromatic N) is 1. The molecule has 3 amide bonds. The Labute approximate surface area is 148 Å². The molecule has 2 bridgehead atoms. The fourth-order valence-electron chi connectivity index (χ4n) is 4.13. The quantitative estimate of drug-likeness (QED) is 0.638. The van der Waals surface area contributed by atoms with Crippen LogP contribution in [-0.2, 0) is 14.4 Å². The minimum absolute atomic E-state index is 0.164. The van der Waals surface area contributed by atoms with Crippen LogP contribution in [0.1, 0.15) is 12.0 Å². The van der Waals surface area contributed by atoms with E-state index < -0.39 is 0 Å². The van der Waals surface area contributed by atoms with Crippen molar-refractivity contribution in [3.63, 3.8) is 0 Å². The maximum atomic E-state index is 12.6. The van der Waals surface area contributed by atoms with Gasteiger partial charge >= 0.3 is 0 Å². The van der Waals surface area contributed by atoms with Crippen molar-refractivity contribution in [1.29, 1.82) is 0 Å². The smallest absolute Gasteiger partial charge is 0.244 e. The molecule has 1 aliphatic heterocycles. The Hall–Kier alpha value is -1.95. The molecule has 4 rings (SSSR count). The zero-order valence-corrected chi connectivity index (χ0v) is 14.7. The molecule has 2 fully saturated rings. The third-order valence-corrected chi connectivity index (χ3v) is 6.17. The van der Waals surface area contributed by atoms with Crippen molar-refractivity contribution < 1.29 is 14.4 Å². The third kappa shape index (κ3) is 2.32. The number of amides is 3. The summed E-state index contributed by atoms with van der Waals surface area (Å²) in [4.78, 5) is 38.5. The van der Waals surface area contributed by atoms with E-state index in [0.29, 0.717) is 5.69 Å². The SMILES string of the molecule is Cc1ccc(NC(=O)CN2C(=O)[C@H]3[C@H](C2=O)[C@H]2C=C[C@H]3C2)cc1Br. The Morgan fingerprint density at radius 2 is 1.83 bits per heavy atom. The second-order valence-corrected chi connectivity index (χ2v) is 7.63. The van der Waals surface area contributed by atoms with E-state index in [1.54, 1.807) is 12.1 Å². The number of likely N-dealkylation sites (tertiary alicyclic amines) is 1.